The third-order valence-electron chi connectivity index (χ3n) is 2.84. The molecule has 0 radical (unpaired) electrons. The van der Waals surface area contributed by atoms with E-state index in [9.17, 15) is 0 Å². The maximum Gasteiger partial charge on any atom is 0.182 e. The van der Waals surface area contributed by atoms with Gasteiger partial charge in [-0.25, -0.2) is 9.97 Å². The van der Waals surface area contributed by atoms with Crippen LogP contribution in [0.5, 0.6) is 0 Å². The van der Waals surface area contributed by atoms with Crippen LogP contribution in [0, 0.1) is 0 Å². The molecule has 2 aromatic rings. The lowest BCUT2D eigenvalue weighted by Crippen LogP contribution is -2.06. The summed E-state index contributed by atoms with van der Waals surface area (Å²) in [6.07, 6.45) is 2.97. The normalized spacial score (nSPS) is 11.0. The molecule has 0 saturated heterocycles. The lowest BCUT2D eigenvalue weighted by molar-refractivity contribution is 0.765. The van der Waals surface area contributed by atoms with Crippen molar-refractivity contribution in [3.63, 3.8) is 0 Å². The van der Waals surface area contributed by atoms with Crippen LogP contribution in [0.3, 0.4) is 0 Å². The van der Waals surface area contributed by atoms with Crippen molar-refractivity contribution < 1.29 is 0 Å². The Bertz CT molecular complexity index is 545. The average Bonchev–Trinajstić information content (AvgIpc) is 2.82. The first-order chi connectivity index (χ1) is 9.10. The number of hydrogen-bond donors (Lipinski definition) is 1. The third kappa shape index (κ3) is 3.30. The summed E-state index contributed by atoms with van der Waals surface area (Å²) in [6.45, 7) is 7.32. The third-order valence-corrected chi connectivity index (χ3v) is 2.84. The number of anilines is 1. The molecule has 0 aromatic carbocycles. The van der Waals surface area contributed by atoms with Crippen molar-refractivity contribution in [3.05, 3.63) is 24.0 Å². The van der Waals surface area contributed by atoms with E-state index in [1.807, 2.05) is 25.4 Å². The molecule has 2 heterocycles. The van der Waals surface area contributed by atoms with Crippen LogP contribution in [-0.4, -0.2) is 26.3 Å². The average molecular weight is 259 g/mol. The Balaban J connectivity index is 2.39. The molecule has 0 aliphatic rings. The smallest absolute Gasteiger partial charge is 0.182 e. The van der Waals surface area contributed by atoms with Crippen LogP contribution in [0.4, 0.5) is 5.82 Å². The predicted molar refractivity (Wildman–Crippen MR) is 77.1 cm³/mol. The minimum atomic E-state index is 0.368. The number of aryl methyl sites for hydroxylation is 1. The van der Waals surface area contributed by atoms with Gasteiger partial charge in [0.2, 0.25) is 0 Å². The van der Waals surface area contributed by atoms with Crippen LogP contribution in [-0.2, 0) is 7.05 Å². The molecule has 19 heavy (non-hydrogen) atoms. The fourth-order valence-corrected chi connectivity index (χ4v) is 1.75. The molecule has 0 bridgehead atoms. The fourth-order valence-electron chi connectivity index (χ4n) is 1.75. The highest BCUT2D eigenvalue weighted by Gasteiger charge is 2.11. The van der Waals surface area contributed by atoms with Crippen molar-refractivity contribution in [2.45, 2.75) is 33.1 Å². The van der Waals surface area contributed by atoms with Crippen LogP contribution in [0.1, 0.15) is 38.8 Å². The van der Waals surface area contributed by atoms with E-state index in [1.165, 1.54) is 0 Å². The summed E-state index contributed by atoms with van der Waals surface area (Å²) in [4.78, 5) is 9.14. The monoisotopic (exact) mass is 259 g/mol. The predicted octanol–water partition coefficient (Wildman–Crippen LogP) is 2.82. The van der Waals surface area contributed by atoms with Crippen LogP contribution in [0.15, 0.2) is 18.3 Å². The first-order valence-electron chi connectivity index (χ1n) is 6.73. The van der Waals surface area contributed by atoms with Gasteiger partial charge >= 0.3 is 0 Å². The van der Waals surface area contributed by atoms with Gasteiger partial charge in [0.1, 0.15) is 11.5 Å². The van der Waals surface area contributed by atoms with Gasteiger partial charge in [-0.2, -0.15) is 5.10 Å². The largest absolute Gasteiger partial charge is 0.370 e. The number of nitrogens with zero attached hydrogens (tertiary/aromatic N) is 4. The molecule has 5 nitrogen and oxygen atoms in total. The first kappa shape index (κ1) is 13.5. The highest BCUT2D eigenvalue weighted by atomic mass is 15.3. The van der Waals surface area contributed by atoms with E-state index < -0.39 is 0 Å². The maximum atomic E-state index is 4.60. The topological polar surface area (TPSA) is 55.6 Å². The van der Waals surface area contributed by atoms with E-state index in [4.69, 9.17) is 0 Å². The SMILES string of the molecule is CCCNc1cc(C(C)C)nc(-c2ccn(C)n2)n1. The molecular formula is C14H21N5. The summed E-state index contributed by atoms with van der Waals surface area (Å²) in [5.74, 6) is 1.93. The maximum absolute atomic E-state index is 4.60. The second-order valence-corrected chi connectivity index (χ2v) is 4.96. The molecule has 1 N–H and O–H groups in total. The standard InChI is InChI=1S/C14H21N5/c1-5-7-15-13-9-12(10(2)3)16-14(17-13)11-6-8-19(4)18-11/h6,8-10H,5,7H2,1-4H3,(H,15,16,17). The minimum absolute atomic E-state index is 0.368. The van der Waals surface area contributed by atoms with Gasteiger partial charge in [-0.3, -0.25) is 4.68 Å². The number of rotatable bonds is 5. The van der Waals surface area contributed by atoms with Crippen molar-refractivity contribution in [3.8, 4) is 11.5 Å². The van der Waals surface area contributed by atoms with Crippen molar-refractivity contribution in [1.82, 2.24) is 19.7 Å². The summed E-state index contributed by atoms with van der Waals surface area (Å²) in [5.41, 5.74) is 1.85. The van der Waals surface area contributed by atoms with Gasteiger partial charge in [0, 0.05) is 31.5 Å². The summed E-state index contributed by atoms with van der Waals surface area (Å²) in [7, 11) is 1.89. The summed E-state index contributed by atoms with van der Waals surface area (Å²) in [6, 6.07) is 3.95. The van der Waals surface area contributed by atoms with Crippen LogP contribution in [0.2, 0.25) is 0 Å². The lowest BCUT2D eigenvalue weighted by atomic mass is 10.1. The van der Waals surface area contributed by atoms with Gasteiger partial charge in [0.25, 0.3) is 0 Å². The molecule has 5 heteroatoms. The molecular weight excluding hydrogens is 238 g/mol. The van der Waals surface area contributed by atoms with E-state index in [-0.39, 0.29) is 0 Å². The van der Waals surface area contributed by atoms with Gasteiger partial charge < -0.3 is 5.32 Å². The van der Waals surface area contributed by atoms with Crippen molar-refractivity contribution in [2.24, 2.45) is 7.05 Å². The Hall–Kier alpha value is -1.91. The van der Waals surface area contributed by atoms with Crippen LogP contribution < -0.4 is 5.32 Å². The van der Waals surface area contributed by atoms with Gasteiger partial charge in [0.05, 0.1) is 0 Å². The Labute approximate surface area is 114 Å². The molecule has 0 aliphatic carbocycles. The van der Waals surface area contributed by atoms with E-state index in [1.54, 1.807) is 4.68 Å². The quantitative estimate of drug-likeness (QED) is 0.897. The fraction of sp³-hybridized carbons (Fsp3) is 0.500. The second kappa shape index (κ2) is 5.82. The second-order valence-electron chi connectivity index (χ2n) is 4.96. The molecule has 2 rings (SSSR count). The number of nitrogens with one attached hydrogen (secondary N) is 1. The zero-order chi connectivity index (χ0) is 13.8. The van der Waals surface area contributed by atoms with E-state index >= 15 is 0 Å². The molecule has 102 valence electrons. The van der Waals surface area contributed by atoms with Gasteiger partial charge in [-0.05, 0) is 18.4 Å². The van der Waals surface area contributed by atoms with E-state index in [0.29, 0.717) is 11.7 Å². The van der Waals surface area contributed by atoms with Gasteiger partial charge in [-0.1, -0.05) is 20.8 Å². The summed E-state index contributed by atoms with van der Waals surface area (Å²) >= 11 is 0. The molecule has 0 saturated carbocycles. The highest BCUT2D eigenvalue weighted by Crippen LogP contribution is 2.20. The molecule has 0 fully saturated rings. The zero-order valence-corrected chi connectivity index (χ0v) is 12.0. The molecule has 0 unspecified atom stereocenters. The Morgan fingerprint density at radius 2 is 2.11 bits per heavy atom. The van der Waals surface area contributed by atoms with Crippen molar-refractivity contribution >= 4 is 5.82 Å². The number of hydrogen-bond acceptors (Lipinski definition) is 4. The van der Waals surface area contributed by atoms with Crippen molar-refractivity contribution in [1.29, 1.82) is 0 Å². The number of aromatic nitrogens is 4. The Morgan fingerprint density at radius 1 is 1.32 bits per heavy atom. The van der Waals surface area contributed by atoms with E-state index in [2.05, 4.69) is 41.2 Å². The van der Waals surface area contributed by atoms with Crippen LogP contribution >= 0.6 is 0 Å². The minimum Gasteiger partial charge on any atom is -0.370 e. The van der Waals surface area contributed by atoms with E-state index in [0.717, 1.165) is 30.2 Å². The molecule has 0 aliphatic heterocycles. The Kier molecular flexibility index (Phi) is 4.14. The summed E-state index contributed by atoms with van der Waals surface area (Å²) in [5, 5.41) is 7.69. The van der Waals surface area contributed by atoms with Gasteiger partial charge in [-0.15, -0.1) is 0 Å². The molecule has 0 spiro atoms. The highest BCUT2D eigenvalue weighted by molar-refractivity contribution is 5.52. The first-order valence-corrected chi connectivity index (χ1v) is 6.73. The molecule has 0 atom stereocenters. The molecule has 0 amide bonds. The summed E-state index contributed by atoms with van der Waals surface area (Å²) < 4.78 is 1.76. The molecule has 2 aromatic heterocycles. The van der Waals surface area contributed by atoms with Gasteiger partial charge in [0.15, 0.2) is 5.82 Å². The zero-order valence-electron chi connectivity index (χ0n) is 12.0. The van der Waals surface area contributed by atoms with Crippen molar-refractivity contribution in [2.75, 3.05) is 11.9 Å². The van der Waals surface area contributed by atoms with Crippen LogP contribution in [0.25, 0.3) is 11.5 Å². The Morgan fingerprint density at radius 3 is 2.68 bits per heavy atom. The lowest BCUT2D eigenvalue weighted by Gasteiger charge is -2.10.